The highest BCUT2D eigenvalue weighted by Gasteiger charge is 2.20. The van der Waals surface area contributed by atoms with Crippen LogP contribution in [0, 0.1) is 5.92 Å². The van der Waals surface area contributed by atoms with Crippen LogP contribution in [0.2, 0.25) is 0 Å². The molecule has 0 aliphatic heterocycles. The lowest BCUT2D eigenvalue weighted by atomic mass is 9.85. The van der Waals surface area contributed by atoms with Gasteiger partial charge in [0, 0.05) is 19.1 Å². The predicted molar refractivity (Wildman–Crippen MR) is 89.5 cm³/mol. The standard InChI is InChI=1S/C15H25BrN4O/c1-2-3-7-12(8-17)19-14-13(16)9-18-20(15(14)21)10-11-5-4-6-11/h9,11-12,19H,2-8,10,17H2,1H3. The predicted octanol–water partition coefficient (Wildman–Crippen LogP) is 2.74. The van der Waals surface area contributed by atoms with E-state index in [9.17, 15) is 4.79 Å². The minimum atomic E-state index is -0.0498. The molecule has 0 spiro atoms. The van der Waals surface area contributed by atoms with E-state index in [2.05, 4.69) is 33.3 Å². The molecule has 0 aromatic carbocycles. The smallest absolute Gasteiger partial charge is 0.291 e. The van der Waals surface area contributed by atoms with E-state index in [1.807, 2.05) is 0 Å². The van der Waals surface area contributed by atoms with E-state index in [0.717, 1.165) is 25.8 Å². The highest BCUT2D eigenvalue weighted by molar-refractivity contribution is 9.10. The zero-order valence-electron chi connectivity index (χ0n) is 12.6. The summed E-state index contributed by atoms with van der Waals surface area (Å²) in [6, 6.07) is 0.133. The summed E-state index contributed by atoms with van der Waals surface area (Å²) in [6.45, 7) is 3.40. The van der Waals surface area contributed by atoms with Crippen molar-refractivity contribution in [3.05, 3.63) is 21.0 Å². The summed E-state index contributed by atoms with van der Waals surface area (Å²) in [5.41, 5.74) is 6.35. The van der Waals surface area contributed by atoms with Gasteiger partial charge in [-0.2, -0.15) is 5.10 Å². The number of aromatic nitrogens is 2. The van der Waals surface area contributed by atoms with E-state index in [4.69, 9.17) is 5.73 Å². The highest BCUT2D eigenvalue weighted by Crippen LogP contribution is 2.27. The van der Waals surface area contributed by atoms with Crippen LogP contribution in [0.15, 0.2) is 15.5 Å². The first-order chi connectivity index (χ1) is 10.2. The molecule has 6 heteroatoms. The summed E-state index contributed by atoms with van der Waals surface area (Å²) in [7, 11) is 0. The fraction of sp³-hybridized carbons (Fsp3) is 0.733. The first kappa shape index (κ1) is 16.5. The number of unbranched alkanes of at least 4 members (excludes halogenated alkanes) is 1. The number of nitrogens with zero attached hydrogens (tertiary/aromatic N) is 2. The maximum absolute atomic E-state index is 12.6. The van der Waals surface area contributed by atoms with Gasteiger partial charge in [0.15, 0.2) is 0 Å². The van der Waals surface area contributed by atoms with Crippen LogP contribution in [0.25, 0.3) is 0 Å². The molecule has 1 aliphatic rings. The summed E-state index contributed by atoms with van der Waals surface area (Å²) in [5, 5.41) is 7.55. The topological polar surface area (TPSA) is 72.9 Å². The molecule has 3 N–H and O–H groups in total. The van der Waals surface area contributed by atoms with Gasteiger partial charge in [-0.05, 0) is 41.1 Å². The average Bonchev–Trinajstić information content (AvgIpc) is 2.44. The van der Waals surface area contributed by atoms with Crippen LogP contribution in [0.4, 0.5) is 5.69 Å². The normalized spacial score (nSPS) is 16.5. The lowest BCUT2D eigenvalue weighted by Gasteiger charge is -2.26. The van der Waals surface area contributed by atoms with Gasteiger partial charge in [0.05, 0.1) is 10.7 Å². The van der Waals surface area contributed by atoms with E-state index in [1.165, 1.54) is 19.3 Å². The Morgan fingerprint density at radius 1 is 1.57 bits per heavy atom. The third-order valence-corrected chi connectivity index (χ3v) is 4.79. The third kappa shape index (κ3) is 4.30. The summed E-state index contributed by atoms with van der Waals surface area (Å²) in [4.78, 5) is 12.6. The average molecular weight is 357 g/mol. The summed E-state index contributed by atoms with van der Waals surface area (Å²) < 4.78 is 2.30. The molecule has 0 amide bonds. The number of halogens is 1. The molecule has 0 radical (unpaired) electrons. The molecule has 1 aromatic rings. The molecule has 1 unspecified atom stereocenters. The number of rotatable bonds is 8. The molecule has 0 saturated heterocycles. The quantitative estimate of drug-likeness (QED) is 0.750. The maximum atomic E-state index is 12.6. The van der Waals surface area contributed by atoms with Crippen molar-refractivity contribution < 1.29 is 0 Å². The Balaban J connectivity index is 2.12. The number of nitrogens with one attached hydrogen (secondary N) is 1. The van der Waals surface area contributed by atoms with Crippen LogP contribution in [0.1, 0.15) is 45.4 Å². The summed E-state index contributed by atoms with van der Waals surface area (Å²) >= 11 is 3.43. The van der Waals surface area contributed by atoms with Gasteiger partial charge in [0.25, 0.3) is 5.56 Å². The lowest BCUT2D eigenvalue weighted by molar-refractivity contribution is 0.262. The number of nitrogens with two attached hydrogens (primary N) is 1. The van der Waals surface area contributed by atoms with E-state index in [1.54, 1.807) is 10.9 Å². The summed E-state index contributed by atoms with van der Waals surface area (Å²) in [5.74, 6) is 0.606. The fourth-order valence-corrected chi connectivity index (χ4v) is 2.93. The minimum absolute atomic E-state index is 0.0498. The Hall–Kier alpha value is -0.880. The molecule has 5 nitrogen and oxygen atoms in total. The van der Waals surface area contributed by atoms with Crippen LogP contribution < -0.4 is 16.6 Å². The van der Waals surface area contributed by atoms with Crippen LogP contribution in [0.5, 0.6) is 0 Å². The zero-order valence-corrected chi connectivity index (χ0v) is 14.2. The fourth-order valence-electron chi connectivity index (χ4n) is 2.55. The Morgan fingerprint density at radius 2 is 2.33 bits per heavy atom. The Kier molecular flexibility index (Phi) is 6.23. The van der Waals surface area contributed by atoms with Gasteiger partial charge in [-0.25, -0.2) is 4.68 Å². The van der Waals surface area contributed by atoms with Gasteiger partial charge in [0.2, 0.25) is 0 Å². The molecule has 1 heterocycles. The first-order valence-electron chi connectivity index (χ1n) is 7.88. The molecule has 2 rings (SSSR count). The van der Waals surface area contributed by atoms with E-state index >= 15 is 0 Å². The first-order valence-corrected chi connectivity index (χ1v) is 8.67. The second-order valence-corrected chi connectivity index (χ2v) is 6.73. The largest absolute Gasteiger partial charge is 0.376 e. The SMILES string of the molecule is CCCCC(CN)Nc1c(Br)cnn(CC2CCC2)c1=O. The summed E-state index contributed by atoms with van der Waals surface area (Å²) in [6.07, 6.45) is 8.59. The number of anilines is 1. The van der Waals surface area contributed by atoms with Crippen molar-refractivity contribution in [2.75, 3.05) is 11.9 Å². The third-order valence-electron chi connectivity index (χ3n) is 4.19. The Labute approximate surface area is 134 Å². The highest BCUT2D eigenvalue weighted by atomic mass is 79.9. The lowest BCUT2D eigenvalue weighted by Crippen LogP contribution is -2.35. The van der Waals surface area contributed by atoms with Gasteiger partial charge in [-0.15, -0.1) is 0 Å². The van der Waals surface area contributed by atoms with Gasteiger partial charge in [-0.1, -0.05) is 26.2 Å². The second kappa shape index (κ2) is 7.94. The van der Waals surface area contributed by atoms with Crippen molar-refractivity contribution in [1.29, 1.82) is 0 Å². The number of hydrogen-bond donors (Lipinski definition) is 2. The second-order valence-electron chi connectivity index (χ2n) is 5.87. The van der Waals surface area contributed by atoms with Crippen LogP contribution in [-0.2, 0) is 6.54 Å². The van der Waals surface area contributed by atoms with Crippen molar-refractivity contribution in [1.82, 2.24) is 9.78 Å². The molecular weight excluding hydrogens is 332 g/mol. The van der Waals surface area contributed by atoms with Gasteiger partial charge >= 0.3 is 0 Å². The van der Waals surface area contributed by atoms with Gasteiger partial charge < -0.3 is 11.1 Å². The number of hydrogen-bond acceptors (Lipinski definition) is 4. The maximum Gasteiger partial charge on any atom is 0.291 e. The molecule has 1 atom stereocenters. The molecule has 1 fully saturated rings. The molecule has 0 bridgehead atoms. The van der Waals surface area contributed by atoms with Crippen molar-refractivity contribution in [2.24, 2.45) is 11.7 Å². The molecular formula is C15H25BrN4O. The zero-order chi connectivity index (χ0) is 15.2. The monoisotopic (exact) mass is 356 g/mol. The minimum Gasteiger partial charge on any atom is -0.376 e. The van der Waals surface area contributed by atoms with Gasteiger partial charge in [-0.3, -0.25) is 4.79 Å². The van der Waals surface area contributed by atoms with Crippen LogP contribution in [-0.4, -0.2) is 22.4 Å². The molecule has 1 aromatic heterocycles. The molecule has 1 aliphatic carbocycles. The Bertz CT molecular complexity index is 513. The van der Waals surface area contributed by atoms with Crippen molar-refractivity contribution in [3.63, 3.8) is 0 Å². The molecule has 21 heavy (non-hydrogen) atoms. The molecule has 1 saturated carbocycles. The van der Waals surface area contributed by atoms with Crippen molar-refractivity contribution in [2.45, 2.75) is 58.0 Å². The van der Waals surface area contributed by atoms with Crippen LogP contribution in [0.3, 0.4) is 0 Å². The van der Waals surface area contributed by atoms with E-state index in [-0.39, 0.29) is 11.6 Å². The van der Waals surface area contributed by atoms with Crippen molar-refractivity contribution >= 4 is 21.6 Å². The van der Waals surface area contributed by atoms with Gasteiger partial charge in [0.1, 0.15) is 5.69 Å². The van der Waals surface area contributed by atoms with Crippen molar-refractivity contribution in [3.8, 4) is 0 Å². The molecule has 118 valence electrons. The van der Waals surface area contributed by atoms with E-state index < -0.39 is 0 Å². The van der Waals surface area contributed by atoms with E-state index in [0.29, 0.717) is 22.6 Å². The van der Waals surface area contributed by atoms with Crippen LogP contribution >= 0.6 is 15.9 Å². The Morgan fingerprint density at radius 3 is 2.90 bits per heavy atom.